The van der Waals surface area contributed by atoms with E-state index in [0.29, 0.717) is 23.1 Å². The number of hydrogen-bond acceptors (Lipinski definition) is 4. The Morgan fingerprint density at radius 2 is 2.10 bits per heavy atom. The summed E-state index contributed by atoms with van der Waals surface area (Å²) in [5.41, 5.74) is 0.421. The molecule has 0 fully saturated rings. The van der Waals surface area contributed by atoms with Crippen molar-refractivity contribution in [3.05, 3.63) is 41.7 Å². The van der Waals surface area contributed by atoms with Crippen LogP contribution in [0.2, 0.25) is 0 Å². The van der Waals surface area contributed by atoms with Gasteiger partial charge in [-0.05, 0) is 31.0 Å². The fraction of sp³-hybridized carbons (Fsp3) is 0.467. The minimum atomic E-state index is -0.802. The van der Waals surface area contributed by atoms with Crippen LogP contribution in [0.5, 0.6) is 5.75 Å². The lowest BCUT2D eigenvalue weighted by molar-refractivity contribution is 0.188. The van der Waals surface area contributed by atoms with Crippen molar-refractivity contribution >= 4 is 0 Å². The first-order chi connectivity index (χ1) is 9.97. The van der Waals surface area contributed by atoms with Crippen molar-refractivity contribution in [1.29, 1.82) is 0 Å². The Balaban J connectivity index is 2.12. The summed E-state index contributed by atoms with van der Waals surface area (Å²) in [7, 11) is 0. The van der Waals surface area contributed by atoms with E-state index in [2.05, 4.69) is 23.9 Å². The Labute approximate surface area is 123 Å². The maximum absolute atomic E-state index is 13.2. The number of nitrogens with zero attached hydrogens (tertiary/aromatic N) is 3. The lowest BCUT2D eigenvalue weighted by Crippen LogP contribution is -2.13. The molecule has 0 aliphatic rings. The summed E-state index contributed by atoms with van der Waals surface area (Å²) < 4.78 is 20.7. The predicted molar refractivity (Wildman–Crippen MR) is 76.2 cm³/mol. The van der Waals surface area contributed by atoms with Crippen molar-refractivity contribution in [3.8, 4) is 5.75 Å². The van der Waals surface area contributed by atoms with E-state index in [9.17, 15) is 9.50 Å². The van der Waals surface area contributed by atoms with Crippen molar-refractivity contribution in [2.75, 3.05) is 0 Å². The predicted octanol–water partition coefficient (Wildman–Crippen LogP) is 2.71. The fourth-order valence-corrected chi connectivity index (χ4v) is 2.02. The van der Waals surface area contributed by atoms with Gasteiger partial charge in [-0.1, -0.05) is 13.8 Å². The zero-order valence-corrected chi connectivity index (χ0v) is 12.5. The van der Waals surface area contributed by atoms with Gasteiger partial charge in [-0.25, -0.2) is 14.1 Å². The van der Waals surface area contributed by atoms with Crippen LogP contribution < -0.4 is 4.74 Å². The molecule has 0 amide bonds. The van der Waals surface area contributed by atoms with E-state index in [1.807, 2.05) is 0 Å². The second-order valence-electron chi connectivity index (χ2n) is 5.40. The first kappa shape index (κ1) is 15.4. The largest absolute Gasteiger partial charge is 0.485 e. The Hall–Kier alpha value is -1.95. The Kier molecular flexibility index (Phi) is 4.90. The Morgan fingerprint density at radius 1 is 1.33 bits per heavy atom. The topological polar surface area (TPSA) is 60.2 Å². The molecule has 5 nitrogen and oxygen atoms in total. The minimum Gasteiger partial charge on any atom is -0.485 e. The molecule has 1 N–H and O–H groups in total. The third-order valence-corrected chi connectivity index (χ3v) is 3.01. The van der Waals surface area contributed by atoms with Crippen LogP contribution in [-0.4, -0.2) is 19.9 Å². The summed E-state index contributed by atoms with van der Waals surface area (Å²) in [6.07, 6.45) is 0.686. The number of aromatic nitrogens is 3. The first-order valence-electron chi connectivity index (χ1n) is 6.94. The van der Waals surface area contributed by atoms with E-state index in [4.69, 9.17) is 4.74 Å². The highest BCUT2D eigenvalue weighted by Crippen LogP contribution is 2.26. The number of rotatable bonds is 6. The van der Waals surface area contributed by atoms with Gasteiger partial charge in [0, 0.05) is 12.1 Å². The molecule has 0 saturated carbocycles. The molecule has 0 spiro atoms. The standard InChI is InChI=1S/C15H20FN3O2/c1-10(2)7-19-15(17-9-18-19)8-21-14-5-4-12(16)6-13(14)11(3)20/h4-6,9-11,20H,7-8H2,1-3H3/t11-/m0/s1. The molecular weight excluding hydrogens is 273 g/mol. The third kappa shape index (κ3) is 4.01. The average molecular weight is 293 g/mol. The zero-order valence-electron chi connectivity index (χ0n) is 12.5. The van der Waals surface area contributed by atoms with Gasteiger partial charge in [-0.2, -0.15) is 5.10 Å². The molecule has 1 atom stereocenters. The molecule has 1 aromatic heterocycles. The van der Waals surface area contributed by atoms with E-state index in [-0.39, 0.29) is 6.61 Å². The monoisotopic (exact) mass is 293 g/mol. The van der Waals surface area contributed by atoms with Crippen molar-refractivity contribution in [2.45, 2.75) is 40.0 Å². The fourth-order valence-electron chi connectivity index (χ4n) is 2.02. The Bertz CT molecular complexity index is 596. The van der Waals surface area contributed by atoms with Crippen LogP contribution in [0, 0.1) is 11.7 Å². The SMILES string of the molecule is CC(C)Cn1ncnc1COc1ccc(F)cc1[C@H](C)O. The van der Waals surface area contributed by atoms with Crippen LogP contribution >= 0.6 is 0 Å². The summed E-state index contributed by atoms with van der Waals surface area (Å²) in [5.74, 6) is 1.19. The molecule has 1 heterocycles. The quantitative estimate of drug-likeness (QED) is 0.889. The van der Waals surface area contributed by atoms with Gasteiger partial charge in [0.05, 0.1) is 6.10 Å². The molecule has 21 heavy (non-hydrogen) atoms. The summed E-state index contributed by atoms with van der Waals surface area (Å²) >= 11 is 0. The zero-order chi connectivity index (χ0) is 15.4. The number of aliphatic hydroxyl groups is 1. The van der Waals surface area contributed by atoms with Crippen LogP contribution in [-0.2, 0) is 13.2 Å². The lowest BCUT2D eigenvalue weighted by Gasteiger charge is -2.14. The van der Waals surface area contributed by atoms with E-state index < -0.39 is 11.9 Å². The van der Waals surface area contributed by atoms with Crippen LogP contribution in [0.3, 0.4) is 0 Å². The number of halogens is 1. The highest BCUT2D eigenvalue weighted by Gasteiger charge is 2.13. The lowest BCUT2D eigenvalue weighted by atomic mass is 10.1. The second-order valence-corrected chi connectivity index (χ2v) is 5.40. The summed E-state index contributed by atoms with van der Waals surface area (Å²) in [5, 5.41) is 13.8. The normalized spacial score (nSPS) is 12.7. The van der Waals surface area contributed by atoms with Gasteiger partial charge in [0.15, 0.2) is 5.82 Å². The molecular formula is C15H20FN3O2. The van der Waals surface area contributed by atoms with Crippen LogP contribution in [0.1, 0.15) is 38.3 Å². The van der Waals surface area contributed by atoms with Gasteiger partial charge in [-0.15, -0.1) is 0 Å². The van der Waals surface area contributed by atoms with Crippen molar-refractivity contribution in [3.63, 3.8) is 0 Å². The van der Waals surface area contributed by atoms with Crippen LogP contribution in [0.15, 0.2) is 24.5 Å². The van der Waals surface area contributed by atoms with Gasteiger partial charge in [-0.3, -0.25) is 0 Å². The van der Waals surface area contributed by atoms with E-state index in [1.165, 1.54) is 24.5 Å². The smallest absolute Gasteiger partial charge is 0.164 e. The van der Waals surface area contributed by atoms with Crippen LogP contribution in [0.25, 0.3) is 0 Å². The van der Waals surface area contributed by atoms with Crippen LogP contribution in [0.4, 0.5) is 4.39 Å². The molecule has 0 aliphatic carbocycles. The molecule has 0 saturated heterocycles. The second kappa shape index (κ2) is 6.67. The molecule has 0 bridgehead atoms. The number of ether oxygens (including phenoxy) is 1. The van der Waals surface area contributed by atoms with E-state index in [0.717, 1.165) is 6.54 Å². The maximum atomic E-state index is 13.2. The van der Waals surface area contributed by atoms with Crippen molar-refractivity contribution < 1.29 is 14.2 Å². The van der Waals surface area contributed by atoms with Gasteiger partial charge in [0.25, 0.3) is 0 Å². The highest BCUT2D eigenvalue weighted by molar-refractivity contribution is 5.35. The van der Waals surface area contributed by atoms with E-state index >= 15 is 0 Å². The highest BCUT2D eigenvalue weighted by atomic mass is 19.1. The Morgan fingerprint density at radius 3 is 2.76 bits per heavy atom. The van der Waals surface area contributed by atoms with E-state index in [1.54, 1.807) is 11.6 Å². The minimum absolute atomic E-state index is 0.220. The maximum Gasteiger partial charge on any atom is 0.164 e. The molecule has 6 heteroatoms. The summed E-state index contributed by atoms with van der Waals surface area (Å²) in [4.78, 5) is 4.17. The van der Waals surface area contributed by atoms with Gasteiger partial charge in [0.2, 0.25) is 0 Å². The molecule has 0 aliphatic heterocycles. The van der Waals surface area contributed by atoms with Gasteiger partial charge in [0.1, 0.15) is 24.5 Å². The summed E-state index contributed by atoms with van der Waals surface area (Å²) in [6.45, 7) is 6.74. The summed E-state index contributed by atoms with van der Waals surface area (Å²) in [6, 6.07) is 4.10. The first-order valence-corrected chi connectivity index (χ1v) is 6.94. The number of hydrogen-bond donors (Lipinski definition) is 1. The van der Waals surface area contributed by atoms with Crippen molar-refractivity contribution in [2.24, 2.45) is 5.92 Å². The van der Waals surface area contributed by atoms with Gasteiger partial charge >= 0.3 is 0 Å². The number of benzene rings is 1. The number of aliphatic hydroxyl groups excluding tert-OH is 1. The van der Waals surface area contributed by atoms with Gasteiger partial charge < -0.3 is 9.84 Å². The molecule has 0 unspecified atom stereocenters. The average Bonchev–Trinajstić information content (AvgIpc) is 2.83. The molecule has 2 rings (SSSR count). The third-order valence-electron chi connectivity index (χ3n) is 3.01. The molecule has 2 aromatic rings. The molecule has 114 valence electrons. The molecule has 0 radical (unpaired) electrons. The van der Waals surface area contributed by atoms with Crippen molar-refractivity contribution in [1.82, 2.24) is 14.8 Å². The molecule has 1 aromatic carbocycles.